The number of aromatic hydroxyl groups is 1. The van der Waals surface area contributed by atoms with Crippen molar-refractivity contribution in [2.75, 3.05) is 12.4 Å². The van der Waals surface area contributed by atoms with E-state index >= 15 is 0 Å². The number of aromatic carboxylic acids is 1. The van der Waals surface area contributed by atoms with Crippen molar-refractivity contribution < 1.29 is 28.2 Å². The molecule has 0 unspecified atom stereocenters. The topological polar surface area (TPSA) is 101 Å². The van der Waals surface area contributed by atoms with Crippen LogP contribution in [-0.2, 0) is 9.84 Å². The van der Waals surface area contributed by atoms with Crippen molar-refractivity contribution in [3.8, 4) is 11.5 Å². The van der Waals surface area contributed by atoms with Crippen LogP contribution >= 0.6 is 0 Å². The van der Waals surface area contributed by atoms with E-state index in [-0.39, 0.29) is 17.1 Å². The van der Waals surface area contributed by atoms with Crippen LogP contribution in [0.15, 0.2) is 53.4 Å². The van der Waals surface area contributed by atoms with Crippen LogP contribution in [0.4, 0.5) is 0 Å². The summed E-state index contributed by atoms with van der Waals surface area (Å²) in [6.07, 6.45) is 1.85. The van der Waals surface area contributed by atoms with Crippen LogP contribution in [0.25, 0.3) is 0 Å². The summed E-state index contributed by atoms with van der Waals surface area (Å²) in [5, 5.41) is 18.4. The maximum Gasteiger partial charge on any atom is 0.339 e. The van der Waals surface area contributed by atoms with Gasteiger partial charge in [-0.05, 0) is 49.6 Å². The Balaban J connectivity index is 1.74. The molecule has 2 aromatic rings. The van der Waals surface area contributed by atoms with Crippen molar-refractivity contribution >= 4 is 15.8 Å². The Kier molecular flexibility index (Phi) is 6.41. The van der Waals surface area contributed by atoms with Gasteiger partial charge in [-0.3, -0.25) is 0 Å². The summed E-state index contributed by atoms with van der Waals surface area (Å²) in [5.74, 6) is -1.11. The molecule has 0 saturated heterocycles. The smallest absolute Gasteiger partial charge is 0.339 e. The van der Waals surface area contributed by atoms with Gasteiger partial charge in [0.2, 0.25) is 0 Å². The molecule has 2 N–H and O–H groups in total. The third kappa shape index (κ3) is 5.49. The monoisotopic (exact) mass is 364 g/mol. The number of phenols is 1. The fourth-order valence-corrected chi connectivity index (χ4v) is 3.67. The lowest BCUT2D eigenvalue weighted by Gasteiger charge is -2.08. The zero-order valence-electron chi connectivity index (χ0n) is 13.6. The zero-order chi connectivity index (χ0) is 18.3. The molecule has 0 aromatic heterocycles. The number of carboxylic acid groups (broad SMARTS) is 1. The molecule has 2 rings (SSSR count). The fourth-order valence-electron chi connectivity index (χ4n) is 2.28. The van der Waals surface area contributed by atoms with E-state index in [0.29, 0.717) is 36.5 Å². The molecule has 0 spiro atoms. The Morgan fingerprint density at radius 3 is 2.40 bits per heavy atom. The van der Waals surface area contributed by atoms with Gasteiger partial charge in [0, 0.05) is 0 Å². The summed E-state index contributed by atoms with van der Waals surface area (Å²) >= 11 is 0. The second-order valence-electron chi connectivity index (χ2n) is 5.53. The molecule has 6 nitrogen and oxygen atoms in total. The quantitative estimate of drug-likeness (QED) is 0.663. The molecule has 7 heteroatoms. The maximum atomic E-state index is 12.1. The second-order valence-corrected chi connectivity index (χ2v) is 7.63. The average Bonchev–Trinajstić information content (AvgIpc) is 2.59. The molecule has 0 radical (unpaired) electrons. The van der Waals surface area contributed by atoms with Crippen LogP contribution < -0.4 is 4.74 Å². The zero-order valence-corrected chi connectivity index (χ0v) is 14.4. The van der Waals surface area contributed by atoms with Crippen LogP contribution in [-0.4, -0.2) is 37.0 Å². The number of hydrogen-bond donors (Lipinski definition) is 2. The van der Waals surface area contributed by atoms with E-state index in [1.54, 1.807) is 30.3 Å². The van der Waals surface area contributed by atoms with Crippen LogP contribution in [0.5, 0.6) is 11.5 Å². The summed E-state index contributed by atoms with van der Waals surface area (Å²) < 4.78 is 29.7. The van der Waals surface area contributed by atoms with E-state index in [1.807, 2.05) is 0 Å². The van der Waals surface area contributed by atoms with Crippen molar-refractivity contribution in [2.24, 2.45) is 0 Å². The van der Waals surface area contributed by atoms with Gasteiger partial charge >= 0.3 is 5.97 Å². The van der Waals surface area contributed by atoms with Gasteiger partial charge < -0.3 is 14.9 Å². The first-order valence-corrected chi connectivity index (χ1v) is 9.52. The highest BCUT2D eigenvalue weighted by atomic mass is 32.2. The molecule has 0 aliphatic carbocycles. The van der Waals surface area contributed by atoms with Crippen molar-refractivity contribution in [1.29, 1.82) is 0 Å². The molecule has 0 aliphatic heterocycles. The van der Waals surface area contributed by atoms with Crippen molar-refractivity contribution in [3.05, 3.63) is 54.1 Å². The highest BCUT2D eigenvalue weighted by molar-refractivity contribution is 7.91. The number of sulfone groups is 1. The van der Waals surface area contributed by atoms with E-state index < -0.39 is 15.8 Å². The number of rotatable bonds is 9. The Hall–Kier alpha value is -2.54. The summed E-state index contributed by atoms with van der Waals surface area (Å²) in [4.78, 5) is 11.3. The molecular formula is C18H20O6S. The highest BCUT2D eigenvalue weighted by Crippen LogP contribution is 2.23. The third-order valence-electron chi connectivity index (χ3n) is 3.63. The van der Waals surface area contributed by atoms with Gasteiger partial charge in [0.05, 0.1) is 17.3 Å². The normalized spacial score (nSPS) is 11.2. The Morgan fingerprint density at radius 2 is 1.72 bits per heavy atom. The number of unbranched alkanes of at least 4 members (excludes halogenated alkanes) is 2. The third-order valence-corrected chi connectivity index (χ3v) is 5.44. The minimum absolute atomic E-state index is 0.0827. The molecule has 0 bridgehead atoms. The van der Waals surface area contributed by atoms with Gasteiger partial charge in [0.25, 0.3) is 0 Å². The molecule has 0 atom stereocenters. The first-order valence-electron chi connectivity index (χ1n) is 7.87. The molecule has 0 saturated carbocycles. The largest absolute Gasteiger partial charge is 0.507 e. The highest BCUT2D eigenvalue weighted by Gasteiger charge is 2.13. The van der Waals surface area contributed by atoms with Crippen LogP contribution in [0, 0.1) is 0 Å². The molecule has 0 amide bonds. The minimum atomic E-state index is -3.25. The molecular weight excluding hydrogens is 344 g/mol. The van der Waals surface area contributed by atoms with E-state index in [1.165, 1.54) is 18.2 Å². The Morgan fingerprint density at radius 1 is 1.00 bits per heavy atom. The number of ether oxygens (including phenoxy) is 1. The summed E-state index contributed by atoms with van der Waals surface area (Å²) in [6, 6.07) is 12.4. The van der Waals surface area contributed by atoms with Gasteiger partial charge in [-0.2, -0.15) is 0 Å². The van der Waals surface area contributed by atoms with Gasteiger partial charge in [0.15, 0.2) is 9.84 Å². The molecule has 0 aliphatic rings. The number of carboxylic acids is 1. The van der Waals surface area contributed by atoms with Gasteiger partial charge in [0.1, 0.15) is 17.1 Å². The van der Waals surface area contributed by atoms with Crippen LogP contribution in [0.2, 0.25) is 0 Å². The minimum Gasteiger partial charge on any atom is -0.507 e. The predicted molar refractivity (Wildman–Crippen MR) is 92.9 cm³/mol. The van der Waals surface area contributed by atoms with Crippen LogP contribution in [0.3, 0.4) is 0 Å². The molecule has 0 heterocycles. The first kappa shape index (κ1) is 18.8. The summed E-state index contributed by atoms with van der Waals surface area (Å²) in [5.41, 5.74) is -0.216. The van der Waals surface area contributed by atoms with E-state index in [2.05, 4.69) is 0 Å². The van der Waals surface area contributed by atoms with E-state index in [4.69, 9.17) is 9.84 Å². The fraction of sp³-hybridized carbons (Fsp3) is 0.278. The second kappa shape index (κ2) is 8.53. The maximum absolute atomic E-state index is 12.1. The number of hydrogen-bond acceptors (Lipinski definition) is 5. The lowest BCUT2D eigenvalue weighted by Crippen LogP contribution is -2.07. The Bertz CT molecular complexity index is 815. The molecule has 2 aromatic carbocycles. The number of carbonyl (C=O) groups is 1. The summed E-state index contributed by atoms with van der Waals surface area (Å²) in [7, 11) is -3.25. The standard InChI is InChI=1S/C18H20O6S/c19-17-10-9-14(13-16(17)18(20)21)24-11-5-2-6-12-25(22,23)15-7-3-1-4-8-15/h1,3-4,7-10,13,19H,2,5-6,11-12H2,(H,20,21). The molecule has 134 valence electrons. The SMILES string of the molecule is O=C(O)c1cc(OCCCCCS(=O)(=O)c2ccccc2)ccc1O. The van der Waals surface area contributed by atoms with Crippen LogP contribution in [0.1, 0.15) is 29.6 Å². The van der Waals surface area contributed by atoms with E-state index in [9.17, 15) is 18.3 Å². The first-order chi connectivity index (χ1) is 11.9. The predicted octanol–water partition coefficient (Wildman–Crippen LogP) is 3.11. The Labute approximate surface area is 146 Å². The lowest BCUT2D eigenvalue weighted by molar-refractivity contribution is 0.0693. The molecule has 25 heavy (non-hydrogen) atoms. The van der Waals surface area contributed by atoms with E-state index in [0.717, 1.165) is 0 Å². The summed E-state index contributed by atoms with van der Waals surface area (Å²) in [6.45, 7) is 0.342. The lowest BCUT2D eigenvalue weighted by atomic mass is 10.2. The number of benzene rings is 2. The van der Waals surface area contributed by atoms with Crippen molar-refractivity contribution in [2.45, 2.75) is 24.2 Å². The van der Waals surface area contributed by atoms with Gasteiger partial charge in [-0.25, -0.2) is 13.2 Å². The van der Waals surface area contributed by atoms with Crippen molar-refractivity contribution in [1.82, 2.24) is 0 Å². The molecule has 0 fully saturated rings. The van der Waals surface area contributed by atoms with Gasteiger partial charge in [-0.1, -0.05) is 18.2 Å². The van der Waals surface area contributed by atoms with Gasteiger partial charge in [-0.15, -0.1) is 0 Å². The average molecular weight is 364 g/mol. The van der Waals surface area contributed by atoms with Crippen molar-refractivity contribution in [3.63, 3.8) is 0 Å².